The molecule has 24 heteroatoms. The highest BCUT2D eigenvalue weighted by Crippen LogP contribution is 2.58. The van der Waals surface area contributed by atoms with Crippen LogP contribution in [0.25, 0.3) is 0 Å². The molecule has 0 bridgehead atoms. The van der Waals surface area contributed by atoms with Gasteiger partial charge in [-0.25, -0.2) is 92.6 Å². The monoisotopic (exact) mass is 1120 g/mol. The van der Waals surface area contributed by atoms with Crippen LogP contribution in [0, 0.1) is 116 Å². The molecule has 0 fully saturated rings. The van der Waals surface area contributed by atoms with Crippen LogP contribution in [0.3, 0.4) is 0 Å². The Hall–Kier alpha value is -7.68. The molecule has 0 spiro atoms. The number of carbonyl (C=O) groups excluding carboxylic acids is 1. The molecule has 0 unspecified atom stereocenters. The smallest absolute Gasteiger partial charge is 0.338 e. The maximum absolute atomic E-state index is 15.4. The van der Waals surface area contributed by atoms with Crippen molar-refractivity contribution in [1.29, 1.82) is 0 Å². The van der Waals surface area contributed by atoms with Gasteiger partial charge in [-0.05, 0) is 60.5 Å². The Morgan fingerprint density at radius 1 is 0.351 bits per heavy atom. The molecule has 400 valence electrons. The van der Waals surface area contributed by atoms with Gasteiger partial charge in [0.2, 0.25) is 0 Å². The van der Waals surface area contributed by atoms with E-state index >= 15 is 35.1 Å². The number of carbonyl (C=O) groups is 1. The van der Waals surface area contributed by atoms with E-state index in [-0.39, 0.29) is 5.97 Å². The Labute approximate surface area is 422 Å². The molecule has 8 aromatic carbocycles. The predicted molar refractivity (Wildman–Crippen MR) is 245 cm³/mol. The van der Waals surface area contributed by atoms with Crippen LogP contribution in [0.2, 0.25) is 0 Å². The summed E-state index contributed by atoms with van der Waals surface area (Å²) >= 11 is 0. The van der Waals surface area contributed by atoms with Gasteiger partial charge in [-0.3, -0.25) is 0 Å². The summed E-state index contributed by atoms with van der Waals surface area (Å²) in [5.41, 5.74) is -12.5. The molecule has 0 aromatic heterocycles. The maximum Gasteiger partial charge on any atom is 0.338 e. The molecule has 0 aliphatic heterocycles. The highest BCUT2D eigenvalue weighted by Gasteiger charge is 2.52. The van der Waals surface area contributed by atoms with Gasteiger partial charge in [0, 0.05) is 0 Å². The molecule has 0 heterocycles. The Morgan fingerprint density at radius 2 is 0.584 bits per heavy atom. The maximum atomic E-state index is 15.4. The normalized spacial score (nSPS) is 11.6. The fourth-order valence-electron chi connectivity index (χ4n) is 8.94. The van der Waals surface area contributed by atoms with Crippen molar-refractivity contribution in [2.75, 3.05) is 6.61 Å². The van der Waals surface area contributed by atoms with Crippen LogP contribution in [0.5, 0.6) is 0 Å². The SMILES string of the molecule is CCCOC(=O)c1ccc(C[P+](c2ccccc2)(c2ccccc2)c2ccccc2)cc1.Fc1c(F)c(F)c([B-](c2c(F)c(F)c(F)c(F)c2F)(c2c(F)c(F)c(F)c(F)c2F)c2c(F)c(F)c(F)c(F)c2F)c(F)c1F. The van der Waals surface area contributed by atoms with E-state index in [0.717, 1.165) is 12.6 Å². The first kappa shape index (κ1) is 57.0. The third-order valence-electron chi connectivity index (χ3n) is 12.3. The second-order valence-corrected chi connectivity index (χ2v) is 20.1. The molecule has 8 rings (SSSR count). The van der Waals surface area contributed by atoms with Crippen molar-refractivity contribution in [3.05, 3.63) is 243 Å². The largest absolute Gasteiger partial charge is 0.462 e. The number of esters is 1. The molecule has 0 aliphatic rings. The van der Waals surface area contributed by atoms with Gasteiger partial charge in [-0.2, -0.15) is 0 Å². The van der Waals surface area contributed by atoms with Gasteiger partial charge in [-0.15, -0.1) is 21.9 Å². The highest BCUT2D eigenvalue weighted by atomic mass is 31.2. The Morgan fingerprint density at radius 3 is 0.818 bits per heavy atom. The molecule has 0 aliphatic carbocycles. The number of rotatable bonds is 12. The molecule has 0 saturated heterocycles. The van der Waals surface area contributed by atoms with Gasteiger partial charge in [0.1, 0.15) is 75.9 Å². The van der Waals surface area contributed by atoms with Crippen LogP contribution in [-0.2, 0) is 10.9 Å². The summed E-state index contributed by atoms with van der Waals surface area (Å²) in [5, 5.41) is 4.05. The van der Waals surface area contributed by atoms with Crippen molar-refractivity contribution in [1.82, 2.24) is 0 Å². The summed E-state index contributed by atoms with van der Waals surface area (Å²) in [6, 6.07) is 40.4. The minimum Gasteiger partial charge on any atom is -0.462 e. The van der Waals surface area contributed by atoms with E-state index in [4.69, 9.17) is 4.74 Å². The summed E-state index contributed by atoms with van der Waals surface area (Å²) in [5.74, 6) is -71.7. The molecular weight excluding hydrogens is 1090 g/mol. The molecule has 77 heavy (non-hydrogen) atoms. The van der Waals surface area contributed by atoms with E-state index in [2.05, 4.69) is 103 Å². The van der Waals surface area contributed by atoms with E-state index in [9.17, 15) is 57.5 Å². The third-order valence-corrected chi connectivity index (χ3v) is 16.7. The molecule has 2 nitrogen and oxygen atoms in total. The van der Waals surface area contributed by atoms with Gasteiger partial charge in [0.25, 0.3) is 0 Å². The second-order valence-electron chi connectivity index (χ2n) is 16.6. The Kier molecular flexibility index (Phi) is 16.7. The average Bonchev–Trinajstić information content (AvgIpc) is 3.59. The van der Waals surface area contributed by atoms with Gasteiger partial charge < -0.3 is 4.74 Å². The molecule has 8 aromatic rings. The number of benzene rings is 8. The summed E-state index contributed by atoms with van der Waals surface area (Å²) in [7, 11) is -1.95. The van der Waals surface area contributed by atoms with Crippen molar-refractivity contribution >= 4 is 57.1 Å². The molecule has 0 saturated carbocycles. The fraction of sp³-hybridized carbons (Fsp3) is 0.0755. The minimum atomic E-state index is -7.22. The van der Waals surface area contributed by atoms with Crippen molar-refractivity contribution in [2.24, 2.45) is 0 Å². The van der Waals surface area contributed by atoms with E-state index in [0.29, 0.717) is 12.2 Å². The average molecular weight is 1120 g/mol. The van der Waals surface area contributed by atoms with Crippen LogP contribution < -0.4 is 37.8 Å². The van der Waals surface area contributed by atoms with Gasteiger partial charge >= 0.3 is 5.97 Å². The van der Waals surface area contributed by atoms with E-state index in [1.807, 2.05) is 19.1 Å². The molecule has 0 amide bonds. The minimum absolute atomic E-state index is 0.256. The predicted octanol–water partition coefficient (Wildman–Crippen LogP) is 11.6. The zero-order chi connectivity index (χ0) is 56.6. The van der Waals surface area contributed by atoms with E-state index in [1.54, 1.807) is 0 Å². The molecule has 0 radical (unpaired) electrons. The highest BCUT2D eigenvalue weighted by molar-refractivity contribution is 7.95. The lowest BCUT2D eigenvalue weighted by Gasteiger charge is -2.44. The fourth-order valence-corrected chi connectivity index (χ4v) is 13.2. The van der Waals surface area contributed by atoms with Crippen LogP contribution in [-0.4, -0.2) is 18.7 Å². The van der Waals surface area contributed by atoms with E-state index < -0.39 is 152 Å². The third kappa shape index (κ3) is 9.56. The van der Waals surface area contributed by atoms with Gasteiger partial charge in [-0.1, -0.05) is 73.7 Å². The standard InChI is InChI=1S/C29H28O2P.C24BF20/c1-2-22-31-29(30)25-20-18-24(19-21-25)23-32(26-12-6-3-7-13-26,27-14-8-4-9-15-27)28-16-10-5-11-17-28;26-5-1(6(27)14(35)21(42)13(5)34)25(2-7(28)15(36)22(43)16(37)8(2)29,3-9(30)17(38)23(44)18(39)10(3)31)4-11(32)19(40)24(45)20(41)12(4)33/h3-21H,2,22-23H2,1H3;/q+1;-1. The topological polar surface area (TPSA) is 26.3 Å². The number of hydrogen-bond acceptors (Lipinski definition) is 2. The van der Waals surface area contributed by atoms with Crippen molar-refractivity contribution in [3.8, 4) is 0 Å². The summed E-state index contributed by atoms with van der Waals surface area (Å²) in [6.45, 7) is 2.45. The zero-order valence-electron chi connectivity index (χ0n) is 38.5. The summed E-state index contributed by atoms with van der Waals surface area (Å²) < 4.78 is 299. The van der Waals surface area contributed by atoms with Crippen LogP contribution in [0.1, 0.15) is 29.3 Å². The van der Waals surface area contributed by atoms with Crippen LogP contribution in [0.15, 0.2) is 115 Å². The van der Waals surface area contributed by atoms with Crippen LogP contribution >= 0.6 is 7.26 Å². The lowest BCUT2D eigenvalue weighted by molar-refractivity contribution is 0.0505. The van der Waals surface area contributed by atoms with Crippen molar-refractivity contribution in [2.45, 2.75) is 19.5 Å². The molecule has 0 N–H and O–H groups in total. The lowest BCUT2D eigenvalue weighted by Crippen LogP contribution is -2.81. The number of hydrogen-bond donors (Lipinski definition) is 0. The summed E-state index contributed by atoms with van der Waals surface area (Å²) in [6.07, 6.45) is -5.51. The second kappa shape index (κ2) is 22.5. The van der Waals surface area contributed by atoms with Crippen LogP contribution in [0.4, 0.5) is 87.8 Å². The Balaban J connectivity index is 0.000000236. The van der Waals surface area contributed by atoms with E-state index in [1.165, 1.54) is 21.5 Å². The first-order valence-corrected chi connectivity index (χ1v) is 24.0. The Bertz CT molecular complexity index is 3080. The lowest BCUT2D eigenvalue weighted by atomic mass is 9.12. The summed E-state index contributed by atoms with van der Waals surface area (Å²) in [4.78, 5) is 12.2. The first-order valence-electron chi connectivity index (χ1n) is 22.0. The first-order chi connectivity index (χ1) is 36.4. The number of halogens is 20. The molecule has 0 atom stereocenters. The molecular formula is C53H28BF20O2P. The van der Waals surface area contributed by atoms with Gasteiger partial charge in [0.15, 0.2) is 69.8 Å². The number of ether oxygens (including phenoxy) is 1. The quantitative estimate of drug-likeness (QED) is 0.0304. The van der Waals surface area contributed by atoms with Crippen molar-refractivity contribution < 1.29 is 97.3 Å². The van der Waals surface area contributed by atoms with Gasteiger partial charge in [0.05, 0.1) is 18.3 Å². The van der Waals surface area contributed by atoms with Crippen molar-refractivity contribution in [3.63, 3.8) is 0 Å². The zero-order valence-corrected chi connectivity index (χ0v) is 39.4.